The fourth-order valence-corrected chi connectivity index (χ4v) is 4.67. The molecule has 7 heteroatoms. The summed E-state index contributed by atoms with van der Waals surface area (Å²) < 4.78 is 8.11. The lowest BCUT2D eigenvalue weighted by Crippen LogP contribution is -2.24. The number of benzene rings is 3. The van der Waals surface area contributed by atoms with Crippen LogP contribution >= 0.6 is 23.2 Å². The van der Waals surface area contributed by atoms with Crippen LogP contribution in [-0.2, 0) is 11.3 Å². The van der Waals surface area contributed by atoms with Gasteiger partial charge in [-0.3, -0.25) is 4.79 Å². The lowest BCUT2D eigenvalue weighted by molar-refractivity contribution is -0.117. The number of aryl methyl sites for hydroxylation is 1. The SMILES string of the molecule is O=C1CC(c2nc3ccccc3n2CCCOc2ccc(Cl)cc2)CN1c1cccc(Cl)c1. The van der Waals surface area contributed by atoms with E-state index < -0.39 is 0 Å². The van der Waals surface area contributed by atoms with Gasteiger partial charge in [0, 0.05) is 41.2 Å². The first-order chi connectivity index (χ1) is 16.1. The number of carbonyl (C=O) groups excluding carboxylic acids is 1. The number of amides is 1. The summed E-state index contributed by atoms with van der Waals surface area (Å²) in [6.07, 6.45) is 1.24. The summed E-state index contributed by atoms with van der Waals surface area (Å²) in [6.45, 7) is 1.92. The molecule has 1 amide bonds. The Morgan fingerprint density at radius 1 is 0.970 bits per heavy atom. The van der Waals surface area contributed by atoms with Gasteiger partial charge in [0.15, 0.2) is 0 Å². The first-order valence-corrected chi connectivity index (χ1v) is 11.7. The van der Waals surface area contributed by atoms with E-state index in [4.69, 9.17) is 32.9 Å². The van der Waals surface area contributed by atoms with Crippen LogP contribution in [-0.4, -0.2) is 28.6 Å². The van der Waals surface area contributed by atoms with Gasteiger partial charge in [0.1, 0.15) is 11.6 Å². The third kappa shape index (κ3) is 4.70. The van der Waals surface area contributed by atoms with Crippen LogP contribution in [0.15, 0.2) is 72.8 Å². The van der Waals surface area contributed by atoms with E-state index in [-0.39, 0.29) is 11.8 Å². The molecule has 0 aliphatic carbocycles. The molecule has 5 rings (SSSR count). The van der Waals surface area contributed by atoms with Crippen LogP contribution in [0, 0.1) is 0 Å². The van der Waals surface area contributed by atoms with E-state index in [2.05, 4.69) is 10.6 Å². The van der Waals surface area contributed by atoms with Gasteiger partial charge in [0.05, 0.1) is 17.6 Å². The van der Waals surface area contributed by atoms with E-state index >= 15 is 0 Å². The molecule has 0 spiro atoms. The molecule has 0 N–H and O–H groups in total. The molecule has 0 bridgehead atoms. The maximum atomic E-state index is 12.9. The van der Waals surface area contributed by atoms with Gasteiger partial charge in [-0.1, -0.05) is 41.4 Å². The van der Waals surface area contributed by atoms with E-state index in [1.54, 1.807) is 0 Å². The molecular weight excluding hydrogens is 457 g/mol. The average Bonchev–Trinajstić information content (AvgIpc) is 3.38. The van der Waals surface area contributed by atoms with Gasteiger partial charge in [-0.15, -0.1) is 0 Å². The van der Waals surface area contributed by atoms with Crippen LogP contribution in [0.1, 0.15) is 24.6 Å². The van der Waals surface area contributed by atoms with Crippen molar-refractivity contribution in [1.29, 1.82) is 0 Å². The molecule has 0 radical (unpaired) electrons. The number of hydrogen-bond donors (Lipinski definition) is 0. The first-order valence-electron chi connectivity index (χ1n) is 11.0. The van der Waals surface area contributed by atoms with Gasteiger partial charge in [0.2, 0.25) is 5.91 Å². The Kier molecular flexibility index (Phi) is 6.25. The topological polar surface area (TPSA) is 47.4 Å². The molecule has 33 heavy (non-hydrogen) atoms. The van der Waals surface area contributed by atoms with E-state index in [1.165, 1.54) is 0 Å². The molecule has 4 aromatic rings. The Balaban J connectivity index is 1.34. The van der Waals surface area contributed by atoms with Crippen LogP contribution < -0.4 is 9.64 Å². The van der Waals surface area contributed by atoms with Crippen LogP contribution in [0.25, 0.3) is 11.0 Å². The third-order valence-electron chi connectivity index (χ3n) is 5.90. The molecule has 3 aromatic carbocycles. The standard InChI is InChI=1S/C26H23Cl2N3O2/c27-19-9-11-22(12-10-19)33-14-4-13-30-24-8-2-1-7-23(24)29-26(30)18-15-25(32)31(17-18)21-6-3-5-20(28)16-21/h1-3,5-12,16,18H,4,13-15,17H2. The van der Waals surface area contributed by atoms with Crippen LogP contribution in [0.2, 0.25) is 10.0 Å². The van der Waals surface area contributed by atoms with Crippen molar-refractivity contribution in [3.63, 3.8) is 0 Å². The number of imidazole rings is 1. The van der Waals surface area contributed by atoms with Gasteiger partial charge >= 0.3 is 0 Å². The number of halogens is 2. The Morgan fingerprint density at radius 2 is 1.79 bits per heavy atom. The summed E-state index contributed by atoms with van der Waals surface area (Å²) in [7, 11) is 0. The monoisotopic (exact) mass is 479 g/mol. The van der Waals surface area contributed by atoms with Crippen molar-refractivity contribution in [3.05, 3.63) is 88.7 Å². The molecule has 168 valence electrons. The highest BCUT2D eigenvalue weighted by Crippen LogP contribution is 2.34. The molecule has 5 nitrogen and oxygen atoms in total. The van der Waals surface area contributed by atoms with E-state index in [0.29, 0.717) is 29.6 Å². The Hall–Kier alpha value is -3.02. The summed E-state index contributed by atoms with van der Waals surface area (Å²) in [5.41, 5.74) is 2.85. The molecule has 2 heterocycles. The van der Waals surface area contributed by atoms with Crippen molar-refractivity contribution < 1.29 is 9.53 Å². The minimum Gasteiger partial charge on any atom is -0.494 e. The molecule has 1 aliphatic rings. The molecule has 1 unspecified atom stereocenters. The van der Waals surface area contributed by atoms with Gasteiger partial charge < -0.3 is 14.2 Å². The third-order valence-corrected chi connectivity index (χ3v) is 6.39. The molecule has 1 saturated heterocycles. The second-order valence-electron chi connectivity index (χ2n) is 8.15. The second-order valence-corrected chi connectivity index (χ2v) is 9.02. The van der Waals surface area contributed by atoms with Gasteiger partial charge in [-0.25, -0.2) is 4.98 Å². The Labute approximate surface area is 202 Å². The Morgan fingerprint density at radius 3 is 2.61 bits per heavy atom. The zero-order valence-electron chi connectivity index (χ0n) is 18.0. The normalized spacial score (nSPS) is 16.0. The number of fused-ring (bicyclic) bond motifs is 1. The zero-order valence-corrected chi connectivity index (χ0v) is 19.5. The number of aromatic nitrogens is 2. The lowest BCUT2D eigenvalue weighted by Gasteiger charge is -2.18. The fourth-order valence-electron chi connectivity index (χ4n) is 4.36. The number of carbonyl (C=O) groups is 1. The highest BCUT2D eigenvalue weighted by molar-refractivity contribution is 6.31. The summed E-state index contributed by atoms with van der Waals surface area (Å²) in [4.78, 5) is 19.6. The van der Waals surface area contributed by atoms with E-state index in [0.717, 1.165) is 41.3 Å². The van der Waals surface area contributed by atoms with Crippen LogP contribution in [0.5, 0.6) is 5.75 Å². The number of ether oxygens (including phenoxy) is 1. The van der Waals surface area contributed by atoms with E-state index in [9.17, 15) is 4.79 Å². The number of anilines is 1. The quantitative estimate of drug-likeness (QED) is 0.291. The van der Waals surface area contributed by atoms with Crippen molar-refractivity contribution in [3.8, 4) is 5.75 Å². The summed E-state index contributed by atoms with van der Waals surface area (Å²) in [6, 6.07) is 22.9. The highest BCUT2D eigenvalue weighted by Gasteiger charge is 2.34. The summed E-state index contributed by atoms with van der Waals surface area (Å²) >= 11 is 12.1. The maximum absolute atomic E-state index is 12.9. The predicted molar refractivity (Wildman–Crippen MR) is 132 cm³/mol. The number of hydrogen-bond acceptors (Lipinski definition) is 3. The summed E-state index contributed by atoms with van der Waals surface area (Å²) in [5.74, 6) is 1.85. The van der Waals surface area contributed by atoms with Crippen molar-refractivity contribution in [2.75, 3.05) is 18.1 Å². The number of rotatable bonds is 7. The second kappa shape index (κ2) is 9.46. The number of nitrogens with zero attached hydrogens (tertiary/aromatic N) is 3. The van der Waals surface area contributed by atoms with Gasteiger partial charge in [-0.05, 0) is 61.0 Å². The summed E-state index contributed by atoms with van der Waals surface area (Å²) in [5, 5.41) is 1.31. The van der Waals surface area contributed by atoms with Gasteiger partial charge in [0.25, 0.3) is 0 Å². The first kappa shape index (κ1) is 21.8. The average molecular weight is 480 g/mol. The van der Waals surface area contributed by atoms with Crippen LogP contribution in [0.4, 0.5) is 5.69 Å². The van der Waals surface area contributed by atoms with Crippen molar-refractivity contribution >= 4 is 45.8 Å². The van der Waals surface area contributed by atoms with Crippen molar-refractivity contribution in [1.82, 2.24) is 9.55 Å². The highest BCUT2D eigenvalue weighted by atomic mass is 35.5. The minimum atomic E-state index is 0.0149. The smallest absolute Gasteiger partial charge is 0.227 e. The van der Waals surface area contributed by atoms with Crippen LogP contribution in [0.3, 0.4) is 0 Å². The molecular formula is C26H23Cl2N3O2. The lowest BCUT2D eigenvalue weighted by atomic mass is 10.1. The van der Waals surface area contributed by atoms with Crippen molar-refractivity contribution in [2.24, 2.45) is 0 Å². The fraction of sp³-hybridized carbons (Fsp3) is 0.231. The molecule has 1 fully saturated rings. The van der Waals surface area contributed by atoms with E-state index in [1.807, 2.05) is 71.6 Å². The minimum absolute atomic E-state index is 0.0149. The number of para-hydroxylation sites is 2. The predicted octanol–water partition coefficient (Wildman–Crippen LogP) is 6.33. The molecule has 1 atom stereocenters. The Bertz CT molecular complexity index is 1290. The zero-order chi connectivity index (χ0) is 22.8. The van der Waals surface area contributed by atoms with Crippen molar-refractivity contribution in [2.45, 2.75) is 25.3 Å². The maximum Gasteiger partial charge on any atom is 0.227 e. The molecule has 1 aliphatic heterocycles. The van der Waals surface area contributed by atoms with Gasteiger partial charge in [-0.2, -0.15) is 0 Å². The molecule has 1 aromatic heterocycles. The molecule has 0 saturated carbocycles. The largest absolute Gasteiger partial charge is 0.494 e.